The molecule has 1 aliphatic rings. The van der Waals surface area contributed by atoms with Crippen molar-refractivity contribution in [1.82, 2.24) is 9.55 Å². The summed E-state index contributed by atoms with van der Waals surface area (Å²) in [6.07, 6.45) is -3.80. The van der Waals surface area contributed by atoms with Crippen molar-refractivity contribution < 1.29 is 28.2 Å². The number of aliphatic hydroxyl groups is 2. The number of halogens is 1. The summed E-state index contributed by atoms with van der Waals surface area (Å²) in [5, 5.41) is 19.7. The van der Waals surface area contributed by atoms with E-state index in [0.717, 1.165) is 10.8 Å². The number of ether oxygens (including phenoxy) is 1. The normalized spacial score (nSPS) is 29.6. The van der Waals surface area contributed by atoms with Gasteiger partial charge in [-0.25, -0.2) is 13.2 Å². The number of hydrogen-bond donors (Lipinski definition) is 3. The Morgan fingerprint density at radius 2 is 1.93 bits per heavy atom. The molecule has 28 heavy (non-hydrogen) atoms. The van der Waals surface area contributed by atoms with E-state index in [-0.39, 0.29) is 5.56 Å². The number of rotatable bonds is 4. The summed E-state index contributed by atoms with van der Waals surface area (Å²) < 4.78 is 31.0. The Morgan fingerprint density at radius 3 is 2.39 bits per heavy atom. The van der Waals surface area contributed by atoms with Crippen LogP contribution in [0.3, 0.4) is 0 Å². The predicted molar refractivity (Wildman–Crippen MR) is 99.9 cm³/mol. The summed E-state index contributed by atoms with van der Waals surface area (Å²) in [4.78, 5) is 35.4. The van der Waals surface area contributed by atoms with Gasteiger partial charge in [-0.05, 0) is 6.92 Å². The first-order valence-corrected chi connectivity index (χ1v) is 10.6. The number of nitrogens with zero attached hydrogens (tertiary/aromatic N) is 1. The summed E-state index contributed by atoms with van der Waals surface area (Å²) in [6, 6.07) is 0. The summed E-state index contributed by atoms with van der Waals surface area (Å²) >= 11 is 6.20. The average Bonchev–Trinajstić information content (AvgIpc) is 2.82. The van der Waals surface area contributed by atoms with Crippen molar-refractivity contribution in [1.29, 1.82) is 0 Å². The van der Waals surface area contributed by atoms with E-state index >= 15 is 0 Å². The molecule has 0 aliphatic carbocycles. The number of Topliss-reactive ketones (excluding diaryl/α,β-unsaturated/α-hetero) is 1. The summed E-state index contributed by atoms with van der Waals surface area (Å²) in [6.45, 7) is 5.89. The number of alkyl halides is 1. The number of nitrogens with one attached hydrogen (secondary N) is 1. The molecule has 1 aromatic heterocycles. The van der Waals surface area contributed by atoms with E-state index < -0.39 is 61.0 Å². The average molecular weight is 439 g/mol. The van der Waals surface area contributed by atoms with Gasteiger partial charge in [0, 0.05) is 23.4 Å². The lowest BCUT2D eigenvalue weighted by molar-refractivity contribution is -0.150. The van der Waals surface area contributed by atoms with Crippen molar-refractivity contribution in [2.45, 2.75) is 56.4 Å². The van der Waals surface area contributed by atoms with Gasteiger partial charge in [-0.1, -0.05) is 20.8 Å². The summed E-state index contributed by atoms with van der Waals surface area (Å²) in [5.41, 5.74) is -2.60. The molecule has 12 heteroatoms. The quantitative estimate of drug-likeness (QED) is 0.508. The fourth-order valence-electron chi connectivity index (χ4n) is 2.96. The first-order chi connectivity index (χ1) is 12.5. The van der Waals surface area contributed by atoms with Crippen molar-refractivity contribution >= 4 is 27.2 Å². The molecule has 1 aromatic rings. The number of aromatic amines is 1. The molecule has 0 saturated carbocycles. The molecule has 10 nitrogen and oxygen atoms in total. The van der Waals surface area contributed by atoms with Gasteiger partial charge in [0.05, 0.1) is 0 Å². The molecule has 5 atom stereocenters. The Kier molecular flexibility index (Phi) is 5.74. The van der Waals surface area contributed by atoms with Crippen LogP contribution in [0.2, 0.25) is 0 Å². The minimum atomic E-state index is -4.40. The molecule has 0 amide bonds. The molecular weight excluding hydrogens is 416 g/mol. The van der Waals surface area contributed by atoms with Gasteiger partial charge in [-0.15, -0.1) is 11.6 Å². The van der Waals surface area contributed by atoms with Crippen molar-refractivity contribution in [2.75, 3.05) is 6.26 Å². The third kappa shape index (κ3) is 3.57. The first kappa shape index (κ1) is 22.8. The number of aliphatic hydroxyl groups excluding tert-OH is 1. The van der Waals surface area contributed by atoms with Crippen LogP contribution in [0.15, 0.2) is 15.8 Å². The van der Waals surface area contributed by atoms with Crippen LogP contribution in [0, 0.1) is 12.3 Å². The van der Waals surface area contributed by atoms with Gasteiger partial charge in [0.2, 0.25) is 4.93 Å². The largest absolute Gasteiger partial charge is 0.382 e. The van der Waals surface area contributed by atoms with Crippen LogP contribution in [-0.4, -0.2) is 62.7 Å². The highest BCUT2D eigenvalue weighted by Crippen LogP contribution is 2.45. The number of aryl methyl sites for hydroxylation is 1. The van der Waals surface area contributed by atoms with Crippen LogP contribution in [-0.2, 0) is 19.4 Å². The second-order valence-corrected chi connectivity index (χ2v) is 10.6. The summed E-state index contributed by atoms with van der Waals surface area (Å²) in [7, 11) is -4.40. The Bertz CT molecular complexity index is 1010. The van der Waals surface area contributed by atoms with E-state index in [4.69, 9.17) is 16.3 Å². The van der Waals surface area contributed by atoms with Gasteiger partial charge in [-0.2, -0.15) is 0 Å². The van der Waals surface area contributed by atoms with E-state index in [0.29, 0.717) is 6.26 Å². The molecular formula is C16H23ClN2O8S. The highest BCUT2D eigenvalue weighted by Gasteiger charge is 2.65. The van der Waals surface area contributed by atoms with Crippen LogP contribution < -0.4 is 11.2 Å². The van der Waals surface area contributed by atoms with Gasteiger partial charge < -0.3 is 14.9 Å². The van der Waals surface area contributed by atoms with Crippen LogP contribution in [0.4, 0.5) is 0 Å². The molecule has 2 heterocycles. The van der Waals surface area contributed by atoms with Gasteiger partial charge in [0.25, 0.3) is 5.56 Å². The zero-order chi connectivity index (χ0) is 21.8. The van der Waals surface area contributed by atoms with Crippen molar-refractivity contribution in [3.05, 3.63) is 32.6 Å². The van der Waals surface area contributed by atoms with E-state index in [1.54, 1.807) is 0 Å². The van der Waals surface area contributed by atoms with Crippen LogP contribution in [0.5, 0.6) is 0 Å². The molecule has 158 valence electrons. The number of ketones is 1. The Balaban J connectivity index is 2.64. The standard InChI is InChI=1S/C16H23ClN2O8S/c1-7-6-19(14(23)18-12(7)22)13-9(17)16(24,28(5,25)26)11(27-13)8(20)10(21)15(2,3)4/h6,8-9,11,13,20,24H,1-5H3,(H,18,22,23)/t8?,9?,11-,13-,16-/m1/s1. The topological polar surface area (TPSA) is 156 Å². The van der Waals surface area contributed by atoms with Crippen LogP contribution >= 0.6 is 11.6 Å². The smallest absolute Gasteiger partial charge is 0.330 e. The number of aromatic nitrogens is 2. The third-order valence-corrected chi connectivity index (χ3v) is 7.00. The molecule has 0 bridgehead atoms. The first-order valence-electron chi connectivity index (χ1n) is 8.29. The van der Waals surface area contributed by atoms with E-state index in [9.17, 15) is 33.0 Å². The van der Waals surface area contributed by atoms with E-state index in [2.05, 4.69) is 0 Å². The molecule has 1 aliphatic heterocycles. The highest BCUT2D eigenvalue weighted by molar-refractivity contribution is 7.92. The Morgan fingerprint density at radius 1 is 1.39 bits per heavy atom. The zero-order valence-corrected chi connectivity index (χ0v) is 17.5. The van der Waals surface area contributed by atoms with Crippen LogP contribution in [0.1, 0.15) is 32.6 Å². The lowest BCUT2D eigenvalue weighted by atomic mass is 9.85. The highest BCUT2D eigenvalue weighted by atomic mass is 35.5. The maximum atomic E-state index is 12.5. The molecule has 0 radical (unpaired) electrons. The van der Waals surface area contributed by atoms with E-state index in [1.807, 2.05) is 4.98 Å². The SMILES string of the molecule is Cc1cn([C@@H]2O[C@H](C(O)C(=O)C(C)(C)C)[C@](O)(S(C)(=O)=O)C2Cl)c(=O)[nH]c1=O. The van der Waals surface area contributed by atoms with Crippen molar-refractivity contribution in [2.24, 2.45) is 5.41 Å². The molecule has 1 fully saturated rings. The molecule has 3 N–H and O–H groups in total. The van der Waals surface area contributed by atoms with Gasteiger partial charge in [0.1, 0.15) is 17.6 Å². The number of sulfone groups is 1. The lowest BCUT2D eigenvalue weighted by Gasteiger charge is -2.32. The number of hydrogen-bond acceptors (Lipinski definition) is 8. The predicted octanol–water partition coefficient (Wildman–Crippen LogP) is -0.941. The zero-order valence-electron chi connectivity index (χ0n) is 16.0. The van der Waals surface area contributed by atoms with Gasteiger partial charge >= 0.3 is 5.69 Å². The summed E-state index contributed by atoms with van der Waals surface area (Å²) in [5.74, 6) is -0.783. The fraction of sp³-hybridized carbons (Fsp3) is 0.688. The third-order valence-electron chi connectivity index (χ3n) is 4.65. The maximum absolute atomic E-state index is 12.5. The van der Waals surface area contributed by atoms with Gasteiger partial charge in [-0.3, -0.25) is 19.1 Å². The monoisotopic (exact) mass is 438 g/mol. The second kappa shape index (κ2) is 7.06. The number of carbonyl (C=O) groups excluding carboxylic acids is 1. The lowest BCUT2D eigenvalue weighted by Crippen LogP contribution is -2.58. The Hall–Kier alpha value is -1.53. The van der Waals surface area contributed by atoms with E-state index in [1.165, 1.54) is 27.7 Å². The second-order valence-electron chi connectivity index (χ2n) is 7.91. The minimum absolute atomic E-state index is 0.102. The minimum Gasteiger partial charge on any atom is -0.382 e. The van der Waals surface area contributed by atoms with Gasteiger partial charge in [0.15, 0.2) is 21.8 Å². The molecule has 1 saturated heterocycles. The van der Waals surface area contributed by atoms with Crippen molar-refractivity contribution in [3.63, 3.8) is 0 Å². The molecule has 2 unspecified atom stereocenters. The Labute approximate surface area is 166 Å². The molecule has 0 spiro atoms. The van der Waals surface area contributed by atoms with Crippen molar-refractivity contribution in [3.8, 4) is 0 Å². The molecule has 2 rings (SSSR count). The fourth-order valence-corrected chi connectivity index (χ4v) is 4.88. The number of carbonyl (C=O) groups is 1. The maximum Gasteiger partial charge on any atom is 0.330 e. The van der Waals surface area contributed by atoms with Crippen LogP contribution in [0.25, 0.3) is 0 Å². The molecule has 0 aromatic carbocycles. The number of H-pyrrole nitrogens is 1.